The second-order valence-corrected chi connectivity index (χ2v) is 6.23. The van der Waals surface area contributed by atoms with E-state index < -0.39 is 0 Å². The van der Waals surface area contributed by atoms with E-state index >= 15 is 0 Å². The molecule has 2 aromatic carbocycles. The number of hydrogen-bond donors (Lipinski definition) is 2. The quantitative estimate of drug-likeness (QED) is 0.656. The van der Waals surface area contributed by atoms with Crippen molar-refractivity contribution < 1.29 is 9.59 Å². The Labute approximate surface area is 157 Å². The van der Waals surface area contributed by atoms with Crippen LogP contribution in [0, 0.1) is 6.92 Å². The van der Waals surface area contributed by atoms with Gasteiger partial charge in [0, 0.05) is 30.2 Å². The molecule has 136 valence electrons. The molecule has 0 atom stereocenters. The summed E-state index contributed by atoms with van der Waals surface area (Å²) in [5.74, 6) is 0.104. The number of rotatable bonds is 6. The maximum Gasteiger partial charge on any atom is 0.254 e. The fraction of sp³-hybridized carbons (Fsp3) is 0.143. The molecule has 0 aliphatic carbocycles. The third kappa shape index (κ3) is 4.98. The molecule has 0 saturated carbocycles. The fourth-order valence-electron chi connectivity index (χ4n) is 2.56. The lowest BCUT2D eigenvalue weighted by Gasteiger charge is -2.08. The van der Waals surface area contributed by atoms with Crippen LogP contribution in [0.1, 0.15) is 38.8 Å². The minimum atomic E-state index is -0.235. The summed E-state index contributed by atoms with van der Waals surface area (Å²) in [6, 6.07) is 15.0. The summed E-state index contributed by atoms with van der Waals surface area (Å²) in [5, 5.41) is 5.88. The maximum atomic E-state index is 12.2. The van der Waals surface area contributed by atoms with E-state index in [1.165, 1.54) is 19.3 Å². The molecule has 0 fully saturated rings. The van der Waals surface area contributed by atoms with Gasteiger partial charge in [0.1, 0.15) is 0 Å². The van der Waals surface area contributed by atoms with Gasteiger partial charge in [0.2, 0.25) is 5.95 Å². The maximum absolute atomic E-state index is 12.2. The molecule has 0 saturated heterocycles. The fourth-order valence-corrected chi connectivity index (χ4v) is 2.56. The van der Waals surface area contributed by atoms with E-state index in [4.69, 9.17) is 0 Å². The lowest BCUT2D eigenvalue weighted by atomic mass is 10.1. The topological polar surface area (TPSA) is 84.0 Å². The third-order valence-corrected chi connectivity index (χ3v) is 3.97. The van der Waals surface area contributed by atoms with Crippen molar-refractivity contribution in [2.45, 2.75) is 20.4 Å². The summed E-state index contributed by atoms with van der Waals surface area (Å²) in [6.45, 7) is 3.97. The Morgan fingerprint density at radius 2 is 1.70 bits per heavy atom. The van der Waals surface area contributed by atoms with Crippen molar-refractivity contribution in [2.24, 2.45) is 0 Å². The first-order valence-corrected chi connectivity index (χ1v) is 8.55. The predicted molar refractivity (Wildman–Crippen MR) is 104 cm³/mol. The van der Waals surface area contributed by atoms with Gasteiger partial charge < -0.3 is 10.6 Å². The number of Topliss-reactive ketones (excluding diaryl/α,β-unsaturated/α-hetero) is 1. The van der Waals surface area contributed by atoms with E-state index in [9.17, 15) is 9.59 Å². The van der Waals surface area contributed by atoms with E-state index in [0.29, 0.717) is 29.3 Å². The number of ketones is 1. The van der Waals surface area contributed by atoms with Gasteiger partial charge in [-0.15, -0.1) is 0 Å². The van der Waals surface area contributed by atoms with Gasteiger partial charge in [-0.05, 0) is 31.5 Å². The molecule has 6 heteroatoms. The molecule has 6 nitrogen and oxygen atoms in total. The average Bonchev–Trinajstić information content (AvgIpc) is 2.67. The number of nitrogens with zero attached hydrogens (tertiary/aromatic N) is 2. The number of aromatic nitrogens is 2. The molecule has 0 aliphatic heterocycles. The summed E-state index contributed by atoms with van der Waals surface area (Å²) in [4.78, 5) is 32.0. The van der Waals surface area contributed by atoms with Crippen LogP contribution in [-0.4, -0.2) is 21.7 Å². The van der Waals surface area contributed by atoms with Gasteiger partial charge in [-0.1, -0.05) is 42.0 Å². The van der Waals surface area contributed by atoms with Crippen molar-refractivity contribution >= 4 is 23.3 Å². The highest BCUT2D eigenvalue weighted by atomic mass is 16.1. The zero-order valence-electron chi connectivity index (χ0n) is 15.2. The molecule has 0 aliphatic rings. The molecule has 1 heterocycles. The molecule has 0 bridgehead atoms. The average molecular weight is 360 g/mol. The van der Waals surface area contributed by atoms with Gasteiger partial charge in [0.05, 0.1) is 5.56 Å². The van der Waals surface area contributed by atoms with Crippen molar-refractivity contribution in [1.29, 1.82) is 0 Å². The molecular weight excluding hydrogens is 340 g/mol. The van der Waals surface area contributed by atoms with E-state index in [2.05, 4.69) is 20.6 Å². The Bertz CT molecular complexity index is 968. The number of carbonyl (C=O) groups excluding carboxylic acids is 2. The Balaban J connectivity index is 1.62. The number of nitrogens with one attached hydrogen (secondary N) is 2. The first-order valence-electron chi connectivity index (χ1n) is 8.55. The number of carbonyl (C=O) groups is 2. The van der Waals surface area contributed by atoms with Gasteiger partial charge in [-0.25, -0.2) is 9.97 Å². The largest absolute Gasteiger partial charge is 0.348 e. The number of benzene rings is 2. The smallest absolute Gasteiger partial charge is 0.254 e. The van der Waals surface area contributed by atoms with E-state index in [1.54, 1.807) is 18.2 Å². The Morgan fingerprint density at radius 1 is 0.963 bits per heavy atom. The number of hydrogen-bond acceptors (Lipinski definition) is 5. The summed E-state index contributed by atoms with van der Waals surface area (Å²) in [7, 11) is 0. The molecular formula is C21H20N4O2. The summed E-state index contributed by atoms with van der Waals surface area (Å²) >= 11 is 0. The van der Waals surface area contributed by atoms with Gasteiger partial charge >= 0.3 is 0 Å². The molecule has 0 unspecified atom stereocenters. The SMILES string of the molecule is CC(=O)c1cccc(Nc2ncc(C(=O)NCc3cccc(C)c3)cn2)c1. The van der Waals surface area contributed by atoms with Gasteiger partial charge in [0.25, 0.3) is 5.91 Å². The molecule has 0 radical (unpaired) electrons. The molecule has 3 rings (SSSR count). The van der Waals surface area contributed by atoms with E-state index in [0.717, 1.165) is 11.1 Å². The number of aryl methyl sites for hydroxylation is 1. The van der Waals surface area contributed by atoms with E-state index in [-0.39, 0.29) is 11.7 Å². The summed E-state index contributed by atoms with van der Waals surface area (Å²) in [5.41, 5.74) is 3.87. The minimum absolute atomic E-state index is 0.0137. The second-order valence-electron chi connectivity index (χ2n) is 6.23. The second kappa shape index (κ2) is 8.23. The van der Waals surface area contributed by atoms with Crippen LogP contribution in [0.15, 0.2) is 60.9 Å². The lowest BCUT2D eigenvalue weighted by molar-refractivity contribution is 0.0949. The predicted octanol–water partition coefficient (Wildman–Crippen LogP) is 3.66. The van der Waals surface area contributed by atoms with Crippen LogP contribution in [0.2, 0.25) is 0 Å². The molecule has 1 aromatic heterocycles. The van der Waals surface area contributed by atoms with Crippen LogP contribution in [-0.2, 0) is 6.54 Å². The van der Waals surface area contributed by atoms with Crippen LogP contribution in [0.3, 0.4) is 0 Å². The summed E-state index contributed by atoms with van der Waals surface area (Å²) < 4.78 is 0. The molecule has 3 aromatic rings. The molecule has 27 heavy (non-hydrogen) atoms. The van der Waals surface area contributed by atoms with Gasteiger partial charge in [-0.2, -0.15) is 0 Å². The Morgan fingerprint density at radius 3 is 2.41 bits per heavy atom. The minimum Gasteiger partial charge on any atom is -0.348 e. The van der Waals surface area contributed by atoms with Crippen LogP contribution >= 0.6 is 0 Å². The highest BCUT2D eigenvalue weighted by Crippen LogP contribution is 2.15. The highest BCUT2D eigenvalue weighted by Gasteiger charge is 2.08. The van der Waals surface area contributed by atoms with Crippen LogP contribution in [0.4, 0.5) is 11.6 Å². The number of amides is 1. The molecule has 2 N–H and O–H groups in total. The lowest BCUT2D eigenvalue weighted by Crippen LogP contribution is -2.23. The van der Waals surface area contributed by atoms with Crippen LogP contribution in [0.5, 0.6) is 0 Å². The third-order valence-electron chi connectivity index (χ3n) is 3.97. The first-order chi connectivity index (χ1) is 13.0. The monoisotopic (exact) mass is 360 g/mol. The Kier molecular flexibility index (Phi) is 5.56. The van der Waals surface area contributed by atoms with E-state index in [1.807, 2.05) is 37.3 Å². The standard InChI is InChI=1S/C21H20N4O2/c1-14-5-3-6-16(9-14)11-22-20(27)18-12-23-21(24-13-18)25-19-8-4-7-17(10-19)15(2)26/h3-10,12-13H,11H2,1-2H3,(H,22,27)(H,23,24,25). The highest BCUT2D eigenvalue weighted by molar-refractivity contribution is 5.95. The number of anilines is 2. The zero-order chi connectivity index (χ0) is 19.2. The molecule has 1 amide bonds. The van der Waals surface area contributed by atoms with Crippen LogP contribution < -0.4 is 10.6 Å². The molecule has 0 spiro atoms. The normalized spacial score (nSPS) is 10.3. The van der Waals surface area contributed by atoms with Crippen molar-refractivity contribution in [3.63, 3.8) is 0 Å². The van der Waals surface area contributed by atoms with Gasteiger partial charge in [0.15, 0.2) is 5.78 Å². The Hall–Kier alpha value is -3.54. The van der Waals surface area contributed by atoms with Crippen molar-refractivity contribution in [1.82, 2.24) is 15.3 Å². The van der Waals surface area contributed by atoms with Crippen molar-refractivity contribution in [2.75, 3.05) is 5.32 Å². The summed E-state index contributed by atoms with van der Waals surface area (Å²) in [6.07, 6.45) is 2.94. The van der Waals surface area contributed by atoms with Crippen molar-refractivity contribution in [3.8, 4) is 0 Å². The van der Waals surface area contributed by atoms with Crippen LogP contribution in [0.25, 0.3) is 0 Å². The van der Waals surface area contributed by atoms with Crippen molar-refractivity contribution in [3.05, 3.63) is 83.2 Å². The first kappa shape index (κ1) is 18.3. The zero-order valence-corrected chi connectivity index (χ0v) is 15.2. The van der Waals surface area contributed by atoms with Gasteiger partial charge in [-0.3, -0.25) is 9.59 Å².